The number of alkyl halides is 2. The fraction of sp³-hybridized carbons (Fsp3) is 0.870. The summed E-state index contributed by atoms with van der Waals surface area (Å²) in [5.74, 6) is -3.69. The Morgan fingerprint density at radius 3 is 2.28 bits per heavy atom. The second kappa shape index (κ2) is 7.82. The number of carbonyl (C=O) groups excluding carboxylic acids is 2. The minimum atomic E-state index is -3.02. The van der Waals surface area contributed by atoms with E-state index >= 15 is 0 Å². The molecule has 1 spiro atoms. The summed E-state index contributed by atoms with van der Waals surface area (Å²) in [5.41, 5.74) is -0.822. The number of nitriles is 1. The van der Waals surface area contributed by atoms with Crippen molar-refractivity contribution in [1.29, 1.82) is 5.26 Å². The number of hydrogen-bond donors (Lipinski definition) is 2. The Hall–Kier alpha value is -1.95. The topological polar surface area (TPSA) is 88.5 Å². The maximum absolute atomic E-state index is 14.6. The van der Waals surface area contributed by atoms with E-state index in [2.05, 4.69) is 15.5 Å². The lowest BCUT2D eigenvalue weighted by Gasteiger charge is -2.54. The molecule has 0 aromatic rings. The Bertz CT molecular complexity index is 800. The average Bonchev–Trinajstić information content (AvgIpc) is 3.58. The van der Waals surface area contributed by atoms with Crippen LogP contribution in [0.2, 0.25) is 0 Å². The largest absolute Gasteiger partial charge is 0.336 e. The molecular weight excluding hydrogens is 416 g/mol. The Labute approximate surface area is 187 Å². The summed E-state index contributed by atoms with van der Waals surface area (Å²) in [6.45, 7) is 3.36. The van der Waals surface area contributed by atoms with Crippen LogP contribution in [0.3, 0.4) is 0 Å². The van der Waals surface area contributed by atoms with Crippen LogP contribution in [0.1, 0.15) is 64.2 Å². The van der Waals surface area contributed by atoms with Gasteiger partial charge in [0.25, 0.3) is 5.92 Å². The van der Waals surface area contributed by atoms with Crippen molar-refractivity contribution < 1.29 is 18.4 Å². The third kappa shape index (κ3) is 4.85. The molecule has 2 saturated heterocycles. The summed E-state index contributed by atoms with van der Waals surface area (Å²) in [6, 6.07) is 1.01. The highest BCUT2D eigenvalue weighted by Crippen LogP contribution is 2.43. The van der Waals surface area contributed by atoms with Crippen molar-refractivity contribution in [2.45, 2.75) is 87.8 Å². The molecule has 176 valence electrons. The summed E-state index contributed by atoms with van der Waals surface area (Å²) in [7, 11) is 0. The molecule has 2 heterocycles. The highest BCUT2D eigenvalue weighted by atomic mass is 19.3. The molecule has 2 aliphatic heterocycles. The number of hydrogen-bond acceptors (Lipinski definition) is 4. The maximum Gasteiger partial charge on any atom is 0.318 e. The monoisotopic (exact) mass is 449 g/mol. The molecule has 0 aromatic heterocycles. The number of urea groups is 1. The van der Waals surface area contributed by atoms with E-state index in [1.165, 1.54) is 12.8 Å². The molecule has 5 fully saturated rings. The number of carbonyl (C=O) groups is 2. The quantitative estimate of drug-likeness (QED) is 0.596. The van der Waals surface area contributed by atoms with Gasteiger partial charge in [-0.3, -0.25) is 4.79 Å². The lowest BCUT2D eigenvalue weighted by molar-refractivity contribution is -0.127. The van der Waals surface area contributed by atoms with E-state index in [0.717, 1.165) is 44.8 Å². The minimum Gasteiger partial charge on any atom is -0.336 e. The van der Waals surface area contributed by atoms with Crippen LogP contribution >= 0.6 is 0 Å². The van der Waals surface area contributed by atoms with Gasteiger partial charge in [0, 0.05) is 37.4 Å². The third-order valence-electron chi connectivity index (χ3n) is 7.99. The van der Waals surface area contributed by atoms with Gasteiger partial charge < -0.3 is 20.4 Å². The summed E-state index contributed by atoms with van der Waals surface area (Å²) in [5, 5.41) is 14.4. The normalized spacial score (nSPS) is 27.2. The van der Waals surface area contributed by atoms with Gasteiger partial charge in [-0.2, -0.15) is 5.26 Å². The SMILES string of the molecule is N#CC1(NC(=O)C(CC(F)(F)CC2CC2)NC(=O)N2CC3(CCN(C4CC4)CC3)C2)CC1. The average molecular weight is 450 g/mol. The van der Waals surface area contributed by atoms with Crippen LogP contribution < -0.4 is 10.6 Å². The number of piperidine rings is 1. The van der Waals surface area contributed by atoms with Gasteiger partial charge >= 0.3 is 6.03 Å². The number of nitrogens with one attached hydrogen (secondary N) is 2. The van der Waals surface area contributed by atoms with E-state index in [1.54, 1.807) is 4.90 Å². The summed E-state index contributed by atoms with van der Waals surface area (Å²) in [6.07, 6.45) is 6.35. The zero-order valence-corrected chi connectivity index (χ0v) is 18.5. The first-order chi connectivity index (χ1) is 15.2. The minimum absolute atomic E-state index is 0.00930. The zero-order chi connectivity index (χ0) is 22.6. The second-order valence-electron chi connectivity index (χ2n) is 11.0. The Kier molecular flexibility index (Phi) is 5.35. The number of nitrogens with zero attached hydrogens (tertiary/aromatic N) is 3. The van der Waals surface area contributed by atoms with Crippen LogP contribution in [0, 0.1) is 22.7 Å². The third-order valence-corrected chi connectivity index (χ3v) is 7.99. The summed E-state index contributed by atoms with van der Waals surface area (Å²) < 4.78 is 29.2. The molecule has 2 N–H and O–H groups in total. The maximum atomic E-state index is 14.6. The first kappa shape index (κ1) is 21.9. The molecule has 0 aromatic carbocycles. The Morgan fingerprint density at radius 1 is 1.09 bits per heavy atom. The van der Waals surface area contributed by atoms with E-state index < -0.39 is 35.9 Å². The Morgan fingerprint density at radius 2 is 1.75 bits per heavy atom. The van der Waals surface area contributed by atoms with Gasteiger partial charge in [0.05, 0.1) is 6.07 Å². The molecule has 3 amide bonds. The molecule has 3 saturated carbocycles. The lowest BCUT2D eigenvalue weighted by atomic mass is 9.72. The van der Waals surface area contributed by atoms with Crippen molar-refractivity contribution in [2.24, 2.45) is 11.3 Å². The number of likely N-dealkylation sites (tertiary alicyclic amines) is 2. The zero-order valence-electron chi connectivity index (χ0n) is 18.5. The molecule has 7 nitrogen and oxygen atoms in total. The van der Waals surface area contributed by atoms with Gasteiger partial charge in [0.15, 0.2) is 0 Å². The fourth-order valence-corrected chi connectivity index (χ4v) is 5.32. The lowest BCUT2D eigenvalue weighted by Crippen LogP contribution is -2.65. The second-order valence-corrected chi connectivity index (χ2v) is 11.0. The van der Waals surface area contributed by atoms with E-state index in [0.29, 0.717) is 25.9 Å². The first-order valence-corrected chi connectivity index (χ1v) is 12.1. The van der Waals surface area contributed by atoms with E-state index in [4.69, 9.17) is 0 Å². The summed E-state index contributed by atoms with van der Waals surface area (Å²) >= 11 is 0. The van der Waals surface area contributed by atoms with Gasteiger partial charge in [-0.05, 0) is 70.4 Å². The molecule has 0 bridgehead atoms. The van der Waals surface area contributed by atoms with Gasteiger partial charge in [-0.15, -0.1) is 0 Å². The van der Waals surface area contributed by atoms with Crippen LogP contribution in [0.4, 0.5) is 13.6 Å². The predicted molar refractivity (Wildman–Crippen MR) is 113 cm³/mol. The van der Waals surface area contributed by atoms with Gasteiger partial charge in [-0.1, -0.05) is 0 Å². The highest BCUT2D eigenvalue weighted by Gasteiger charge is 2.50. The first-order valence-electron chi connectivity index (χ1n) is 12.1. The number of amides is 3. The summed E-state index contributed by atoms with van der Waals surface area (Å²) in [4.78, 5) is 29.8. The Balaban J connectivity index is 1.16. The van der Waals surface area contributed by atoms with Crippen molar-refractivity contribution in [3.8, 4) is 6.07 Å². The molecule has 3 aliphatic carbocycles. The van der Waals surface area contributed by atoms with Crippen molar-refractivity contribution in [3.63, 3.8) is 0 Å². The smallest absolute Gasteiger partial charge is 0.318 e. The fourth-order valence-electron chi connectivity index (χ4n) is 5.32. The number of halogens is 2. The van der Waals surface area contributed by atoms with Crippen molar-refractivity contribution in [2.75, 3.05) is 26.2 Å². The van der Waals surface area contributed by atoms with Gasteiger partial charge in [-0.25, -0.2) is 13.6 Å². The standard InChI is InChI=1S/C23H33F2N5O2/c24-23(25,11-16-1-2-16)12-18(19(31)28-22(13-26)5-6-22)27-20(32)30-14-21(15-30)7-9-29(10-8-21)17-3-4-17/h16-18H,1-12,14-15H2,(H,27,32)(H,28,31). The molecule has 5 aliphatic rings. The molecule has 9 heteroatoms. The van der Waals surface area contributed by atoms with E-state index in [1.807, 2.05) is 6.07 Å². The van der Waals surface area contributed by atoms with Gasteiger partial charge in [0.1, 0.15) is 11.6 Å². The molecule has 5 rings (SSSR count). The number of rotatable bonds is 8. The van der Waals surface area contributed by atoms with Crippen LogP contribution in [0.5, 0.6) is 0 Å². The molecule has 32 heavy (non-hydrogen) atoms. The molecular formula is C23H33F2N5O2. The van der Waals surface area contributed by atoms with Crippen molar-refractivity contribution in [3.05, 3.63) is 0 Å². The highest BCUT2D eigenvalue weighted by molar-refractivity contribution is 5.88. The van der Waals surface area contributed by atoms with Crippen molar-refractivity contribution in [1.82, 2.24) is 20.4 Å². The van der Waals surface area contributed by atoms with Crippen LogP contribution in [0.15, 0.2) is 0 Å². The van der Waals surface area contributed by atoms with Crippen LogP contribution in [0.25, 0.3) is 0 Å². The molecule has 1 unspecified atom stereocenters. The van der Waals surface area contributed by atoms with Crippen LogP contribution in [-0.2, 0) is 4.79 Å². The van der Waals surface area contributed by atoms with E-state index in [-0.39, 0.29) is 17.8 Å². The van der Waals surface area contributed by atoms with E-state index in [9.17, 15) is 23.6 Å². The predicted octanol–water partition coefficient (Wildman–Crippen LogP) is 2.62. The molecule has 1 atom stereocenters. The molecule has 0 radical (unpaired) electrons. The van der Waals surface area contributed by atoms with Crippen LogP contribution in [-0.4, -0.2) is 71.5 Å². The van der Waals surface area contributed by atoms with Gasteiger partial charge in [0.2, 0.25) is 5.91 Å². The van der Waals surface area contributed by atoms with Crippen molar-refractivity contribution >= 4 is 11.9 Å².